The van der Waals surface area contributed by atoms with Crippen LogP contribution in [-0.4, -0.2) is 71.3 Å². The molecule has 10 nitrogen and oxygen atoms in total. The molecule has 42 heavy (non-hydrogen) atoms. The molecule has 0 aliphatic carbocycles. The summed E-state index contributed by atoms with van der Waals surface area (Å²) < 4.78 is 16.0. The molecule has 1 saturated heterocycles. The molecule has 2 atom stereocenters. The molecule has 1 aliphatic rings. The Kier molecular flexibility index (Phi) is 7.56. The van der Waals surface area contributed by atoms with E-state index >= 15 is 0 Å². The molecule has 0 saturated carbocycles. The third-order valence-electron chi connectivity index (χ3n) is 7.13. The van der Waals surface area contributed by atoms with Gasteiger partial charge in [0.05, 0.1) is 41.9 Å². The minimum absolute atomic E-state index is 0.0882. The fourth-order valence-electron chi connectivity index (χ4n) is 5.12. The summed E-state index contributed by atoms with van der Waals surface area (Å²) >= 11 is 7.49. The maximum atomic E-state index is 14.6. The van der Waals surface area contributed by atoms with Crippen LogP contribution < -0.4 is 0 Å². The summed E-state index contributed by atoms with van der Waals surface area (Å²) in [6.45, 7) is 0.947. The normalized spacial score (nSPS) is 16.7. The van der Waals surface area contributed by atoms with Gasteiger partial charge in [0.25, 0.3) is 0 Å². The lowest BCUT2D eigenvalue weighted by Crippen LogP contribution is -2.43. The maximum absolute atomic E-state index is 14.6. The quantitative estimate of drug-likeness (QED) is 0.235. The van der Waals surface area contributed by atoms with Crippen LogP contribution in [0.5, 0.6) is 0 Å². The van der Waals surface area contributed by atoms with Gasteiger partial charge in [-0.1, -0.05) is 47.2 Å². The van der Waals surface area contributed by atoms with E-state index in [9.17, 15) is 18.8 Å². The monoisotopic (exact) mass is 603 g/mol. The minimum Gasteiger partial charge on any atom is -0.328 e. The van der Waals surface area contributed by atoms with Crippen molar-refractivity contribution in [1.29, 1.82) is 0 Å². The second kappa shape index (κ2) is 11.5. The number of fused-ring (bicyclic) bond motifs is 1. The first kappa shape index (κ1) is 27.7. The number of ketones is 2. The molecule has 2 aromatic carbocycles. The molecule has 5 aromatic rings. The van der Waals surface area contributed by atoms with E-state index in [2.05, 4.69) is 25.5 Å². The standard InChI is InChI=1S/C29H23ClFN7O3S/c1-16(39)28-21-10-17(18-8-9-32-33-13-18)6-7-23(21)38(36-28)15-27(41)37-14-19(31)11-24(37)25(40)12-26-34-35-29(42-26)20-4-2-3-5-22(20)30/h2-10,13,19,24H,11-12,14-15H2,1H3/t19-,24+/m1/s1. The number of benzene rings is 2. The van der Waals surface area contributed by atoms with Crippen molar-refractivity contribution in [2.45, 2.75) is 38.5 Å². The molecule has 3 aromatic heterocycles. The van der Waals surface area contributed by atoms with Gasteiger partial charge in [0.2, 0.25) is 5.91 Å². The Labute approximate surface area is 248 Å². The van der Waals surface area contributed by atoms with E-state index < -0.39 is 18.1 Å². The number of halogens is 2. The van der Waals surface area contributed by atoms with Gasteiger partial charge >= 0.3 is 0 Å². The average molecular weight is 604 g/mol. The van der Waals surface area contributed by atoms with E-state index in [1.165, 1.54) is 27.8 Å². The SMILES string of the molecule is CC(=O)c1nn(CC(=O)N2C[C@H](F)C[C@H]2C(=O)Cc2nnc(-c3ccccc3Cl)s2)c2ccc(-c3ccnnc3)cc12. The molecule has 0 bridgehead atoms. The zero-order valence-corrected chi connectivity index (χ0v) is 23.8. The highest BCUT2D eigenvalue weighted by molar-refractivity contribution is 7.14. The number of rotatable bonds is 8. The highest BCUT2D eigenvalue weighted by atomic mass is 35.5. The molecule has 0 N–H and O–H groups in total. The number of carbonyl (C=O) groups is 3. The number of hydrogen-bond acceptors (Lipinski definition) is 9. The lowest BCUT2D eigenvalue weighted by atomic mass is 10.0. The number of Topliss-reactive ketones (excluding diaryl/α,β-unsaturated/α-hetero) is 2. The van der Waals surface area contributed by atoms with E-state index in [-0.39, 0.29) is 43.2 Å². The van der Waals surface area contributed by atoms with Gasteiger partial charge in [0.1, 0.15) is 28.4 Å². The summed E-state index contributed by atoms with van der Waals surface area (Å²) in [4.78, 5) is 40.5. The number of hydrogen-bond donors (Lipinski definition) is 0. The summed E-state index contributed by atoms with van der Waals surface area (Å²) in [6.07, 6.45) is 1.66. The van der Waals surface area contributed by atoms with Gasteiger partial charge in [-0.15, -0.1) is 10.2 Å². The zero-order valence-electron chi connectivity index (χ0n) is 22.3. The Bertz CT molecular complexity index is 1830. The lowest BCUT2D eigenvalue weighted by molar-refractivity contribution is -0.138. The van der Waals surface area contributed by atoms with Crippen molar-refractivity contribution in [3.63, 3.8) is 0 Å². The predicted octanol–water partition coefficient (Wildman–Crippen LogP) is 4.62. The van der Waals surface area contributed by atoms with Crippen molar-refractivity contribution in [2.75, 3.05) is 6.54 Å². The van der Waals surface area contributed by atoms with Crippen molar-refractivity contribution in [1.82, 2.24) is 35.1 Å². The van der Waals surface area contributed by atoms with Gasteiger partial charge in [-0.2, -0.15) is 15.3 Å². The van der Waals surface area contributed by atoms with Gasteiger partial charge in [-0.25, -0.2) is 4.39 Å². The highest BCUT2D eigenvalue weighted by Crippen LogP contribution is 2.31. The highest BCUT2D eigenvalue weighted by Gasteiger charge is 2.40. The molecule has 4 heterocycles. The first-order valence-corrected chi connectivity index (χ1v) is 14.3. The predicted molar refractivity (Wildman–Crippen MR) is 155 cm³/mol. The summed E-state index contributed by atoms with van der Waals surface area (Å²) in [5.41, 5.74) is 3.11. The fourth-order valence-corrected chi connectivity index (χ4v) is 6.29. The second-order valence-electron chi connectivity index (χ2n) is 9.94. The number of carbonyl (C=O) groups excluding carboxylic acids is 3. The molecule has 0 radical (unpaired) electrons. The van der Waals surface area contributed by atoms with Crippen molar-refractivity contribution in [2.24, 2.45) is 0 Å². The first-order valence-electron chi connectivity index (χ1n) is 13.1. The Morgan fingerprint density at radius 3 is 2.67 bits per heavy atom. The number of likely N-dealkylation sites (tertiary alicyclic amines) is 1. The molecule has 1 fully saturated rings. The van der Waals surface area contributed by atoms with Crippen LogP contribution >= 0.6 is 22.9 Å². The van der Waals surface area contributed by atoms with Crippen LogP contribution in [0.4, 0.5) is 4.39 Å². The largest absolute Gasteiger partial charge is 0.328 e. The van der Waals surface area contributed by atoms with Crippen molar-refractivity contribution in [3.05, 3.63) is 76.6 Å². The summed E-state index contributed by atoms with van der Waals surface area (Å²) in [6, 6.07) is 13.5. The van der Waals surface area contributed by atoms with Crippen LogP contribution in [0.25, 0.3) is 32.6 Å². The third-order valence-corrected chi connectivity index (χ3v) is 8.41. The van der Waals surface area contributed by atoms with Gasteiger partial charge in [0.15, 0.2) is 11.6 Å². The Balaban J connectivity index is 1.22. The van der Waals surface area contributed by atoms with E-state index in [0.717, 1.165) is 11.1 Å². The minimum atomic E-state index is -1.34. The zero-order chi connectivity index (χ0) is 29.4. The molecule has 0 spiro atoms. The average Bonchev–Trinajstić information content (AvgIpc) is 3.71. The number of aromatic nitrogens is 6. The van der Waals surface area contributed by atoms with Crippen molar-refractivity contribution in [3.8, 4) is 21.7 Å². The molecule has 1 aliphatic heterocycles. The molecule has 1 amide bonds. The smallest absolute Gasteiger partial charge is 0.245 e. The van der Waals surface area contributed by atoms with Crippen LogP contribution in [0.2, 0.25) is 5.02 Å². The lowest BCUT2D eigenvalue weighted by Gasteiger charge is -2.23. The Morgan fingerprint density at radius 1 is 1.07 bits per heavy atom. The van der Waals surface area contributed by atoms with Crippen molar-refractivity contribution < 1.29 is 18.8 Å². The van der Waals surface area contributed by atoms with E-state index in [1.807, 2.05) is 24.3 Å². The third kappa shape index (κ3) is 5.42. The van der Waals surface area contributed by atoms with Crippen LogP contribution in [-0.2, 0) is 22.6 Å². The first-order chi connectivity index (χ1) is 20.3. The second-order valence-corrected chi connectivity index (χ2v) is 11.4. The van der Waals surface area contributed by atoms with Gasteiger partial charge in [0, 0.05) is 29.9 Å². The van der Waals surface area contributed by atoms with Gasteiger partial charge in [-0.3, -0.25) is 19.1 Å². The Morgan fingerprint density at radius 2 is 1.90 bits per heavy atom. The van der Waals surface area contributed by atoms with E-state index in [4.69, 9.17) is 11.6 Å². The molecular weight excluding hydrogens is 581 g/mol. The van der Waals surface area contributed by atoms with E-state index in [0.29, 0.717) is 31.5 Å². The summed E-state index contributed by atoms with van der Waals surface area (Å²) in [7, 11) is 0. The number of amides is 1. The van der Waals surface area contributed by atoms with Crippen LogP contribution in [0.3, 0.4) is 0 Å². The van der Waals surface area contributed by atoms with Crippen LogP contribution in [0.1, 0.15) is 28.8 Å². The van der Waals surface area contributed by atoms with Gasteiger partial charge < -0.3 is 4.90 Å². The summed E-state index contributed by atoms with van der Waals surface area (Å²) in [5.74, 6) is -1.05. The topological polar surface area (TPSA) is 124 Å². The summed E-state index contributed by atoms with van der Waals surface area (Å²) in [5, 5.41) is 22.5. The molecular formula is C29H23ClFN7O3S. The molecule has 0 unspecified atom stereocenters. The van der Waals surface area contributed by atoms with E-state index in [1.54, 1.807) is 36.7 Å². The molecule has 13 heteroatoms. The maximum Gasteiger partial charge on any atom is 0.245 e. The van der Waals surface area contributed by atoms with Gasteiger partial charge in [-0.05, 0) is 29.8 Å². The van der Waals surface area contributed by atoms with Crippen LogP contribution in [0.15, 0.2) is 60.9 Å². The number of nitrogens with zero attached hydrogens (tertiary/aromatic N) is 7. The fraction of sp³-hybridized carbons (Fsp3) is 0.241. The van der Waals surface area contributed by atoms with Crippen LogP contribution in [0, 0.1) is 0 Å². The number of alkyl halides is 1. The molecule has 6 rings (SSSR count). The molecule has 212 valence electrons. The van der Waals surface area contributed by atoms with Crippen molar-refractivity contribution >= 4 is 51.3 Å². The Hall–Kier alpha value is -4.42.